The van der Waals surface area contributed by atoms with Crippen molar-refractivity contribution in [3.63, 3.8) is 0 Å². The molecule has 0 fully saturated rings. The van der Waals surface area contributed by atoms with Crippen LogP contribution in [0.4, 0.5) is 5.69 Å². The van der Waals surface area contributed by atoms with E-state index in [4.69, 9.17) is 0 Å². The van der Waals surface area contributed by atoms with Crippen LogP contribution in [0, 0.1) is 13.8 Å². The van der Waals surface area contributed by atoms with E-state index < -0.39 is 10.0 Å². The molecule has 0 aliphatic rings. The summed E-state index contributed by atoms with van der Waals surface area (Å²) >= 11 is 0. The largest absolute Gasteiger partial charge is 0.388 e. The van der Waals surface area contributed by atoms with Crippen LogP contribution in [0.15, 0.2) is 17.0 Å². The van der Waals surface area contributed by atoms with E-state index in [1.165, 1.54) is 7.05 Å². The zero-order valence-corrected chi connectivity index (χ0v) is 13.0. The zero-order chi connectivity index (χ0) is 15.3. The Labute approximate surface area is 120 Å². The summed E-state index contributed by atoms with van der Waals surface area (Å²) in [4.78, 5) is 11.4. The Balaban J connectivity index is 2.96. The second-order valence-corrected chi connectivity index (χ2v) is 6.21. The number of benzene rings is 1. The fourth-order valence-electron chi connectivity index (χ4n) is 2.01. The summed E-state index contributed by atoms with van der Waals surface area (Å²) < 4.78 is 27.0. The molecule has 20 heavy (non-hydrogen) atoms. The molecule has 0 saturated carbocycles. The number of hydrogen-bond donors (Lipinski definition) is 3. The van der Waals surface area contributed by atoms with Gasteiger partial charge in [0.25, 0.3) is 0 Å². The Morgan fingerprint density at radius 1 is 1.15 bits per heavy atom. The van der Waals surface area contributed by atoms with Crippen LogP contribution in [0.3, 0.4) is 0 Å². The van der Waals surface area contributed by atoms with Crippen LogP contribution in [0.2, 0.25) is 0 Å². The van der Waals surface area contributed by atoms with Gasteiger partial charge in [-0.05, 0) is 37.1 Å². The third kappa shape index (κ3) is 3.94. The lowest BCUT2D eigenvalue weighted by molar-refractivity contribution is -0.120. The van der Waals surface area contributed by atoms with Crippen LogP contribution >= 0.6 is 0 Å². The predicted octanol–water partition coefficient (Wildman–Crippen LogP) is 0.760. The van der Waals surface area contributed by atoms with Gasteiger partial charge in [0, 0.05) is 32.7 Å². The van der Waals surface area contributed by atoms with Crippen molar-refractivity contribution < 1.29 is 13.2 Å². The van der Waals surface area contributed by atoms with Gasteiger partial charge in [-0.25, -0.2) is 13.1 Å². The highest BCUT2D eigenvalue weighted by Crippen LogP contribution is 2.24. The molecule has 0 saturated heterocycles. The third-order valence-corrected chi connectivity index (χ3v) is 4.71. The van der Waals surface area contributed by atoms with Gasteiger partial charge < -0.3 is 10.6 Å². The standard InChI is InChI=1S/C13H21N3O3S/c1-9-7-11(14-3)8-10(2)13(9)20(18,19)16-6-5-12(17)15-4/h7-8,14,16H,5-6H2,1-4H3,(H,15,17). The molecule has 112 valence electrons. The summed E-state index contributed by atoms with van der Waals surface area (Å²) in [5.74, 6) is -0.202. The first-order valence-electron chi connectivity index (χ1n) is 6.31. The lowest BCUT2D eigenvalue weighted by Gasteiger charge is -2.13. The second kappa shape index (κ2) is 6.71. The molecule has 1 aromatic carbocycles. The number of rotatable bonds is 6. The topological polar surface area (TPSA) is 87.3 Å². The van der Waals surface area contributed by atoms with Crippen molar-refractivity contribution in [3.05, 3.63) is 23.3 Å². The number of carbonyl (C=O) groups excluding carboxylic acids is 1. The van der Waals surface area contributed by atoms with Gasteiger partial charge in [-0.15, -0.1) is 0 Å². The van der Waals surface area contributed by atoms with E-state index in [0.717, 1.165) is 5.69 Å². The van der Waals surface area contributed by atoms with E-state index in [9.17, 15) is 13.2 Å². The molecule has 7 heteroatoms. The fourth-order valence-corrected chi connectivity index (χ4v) is 3.50. The van der Waals surface area contributed by atoms with Crippen LogP contribution in [0.5, 0.6) is 0 Å². The number of sulfonamides is 1. The molecule has 0 aliphatic heterocycles. The number of nitrogens with one attached hydrogen (secondary N) is 3. The summed E-state index contributed by atoms with van der Waals surface area (Å²) in [5.41, 5.74) is 2.20. The average Bonchev–Trinajstić information content (AvgIpc) is 2.36. The van der Waals surface area contributed by atoms with Gasteiger partial charge in [-0.2, -0.15) is 0 Å². The van der Waals surface area contributed by atoms with Crippen molar-refractivity contribution in [2.45, 2.75) is 25.2 Å². The minimum atomic E-state index is -3.61. The molecule has 6 nitrogen and oxygen atoms in total. The molecule has 0 spiro atoms. The highest BCUT2D eigenvalue weighted by atomic mass is 32.2. The molecule has 0 bridgehead atoms. The van der Waals surface area contributed by atoms with Crippen molar-refractivity contribution in [2.75, 3.05) is 26.0 Å². The molecular formula is C13H21N3O3S. The maximum absolute atomic E-state index is 12.3. The second-order valence-electron chi connectivity index (χ2n) is 4.51. The Hall–Kier alpha value is -1.60. The first-order valence-corrected chi connectivity index (χ1v) is 7.79. The summed E-state index contributed by atoms with van der Waals surface area (Å²) in [6, 6.07) is 3.56. The number of aryl methyl sites for hydroxylation is 2. The summed E-state index contributed by atoms with van der Waals surface area (Å²) in [5, 5.41) is 5.43. The smallest absolute Gasteiger partial charge is 0.241 e. The van der Waals surface area contributed by atoms with Gasteiger partial charge in [-0.1, -0.05) is 0 Å². The highest BCUT2D eigenvalue weighted by molar-refractivity contribution is 7.89. The summed E-state index contributed by atoms with van der Waals surface area (Å²) in [6.45, 7) is 3.58. The van der Waals surface area contributed by atoms with E-state index in [1.807, 2.05) is 0 Å². The fraction of sp³-hybridized carbons (Fsp3) is 0.462. The van der Waals surface area contributed by atoms with Crippen molar-refractivity contribution in [1.82, 2.24) is 10.0 Å². The van der Waals surface area contributed by atoms with Gasteiger partial charge in [0.05, 0.1) is 4.90 Å². The molecule has 0 aromatic heterocycles. The SMILES string of the molecule is CNC(=O)CCNS(=O)(=O)c1c(C)cc(NC)cc1C. The Morgan fingerprint density at radius 3 is 2.15 bits per heavy atom. The first-order chi connectivity index (χ1) is 9.31. The van der Waals surface area contributed by atoms with Gasteiger partial charge in [0.15, 0.2) is 0 Å². The van der Waals surface area contributed by atoms with Gasteiger partial charge in [0.1, 0.15) is 0 Å². The first kappa shape index (κ1) is 16.5. The van der Waals surface area contributed by atoms with Crippen molar-refractivity contribution in [1.29, 1.82) is 0 Å². The molecule has 1 aromatic rings. The summed E-state index contributed by atoms with van der Waals surface area (Å²) in [6.07, 6.45) is 0.114. The van der Waals surface area contributed by atoms with Gasteiger partial charge in [0.2, 0.25) is 15.9 Å². The molecule has 0 heterocycles. The van der Waals surface area contributed by atoms with E-state index in [-0.39, 0.29) is 23.8 Å². The predicted molar refractivity (Wildman–Crippen MR) is 79.3 cm³/mol. The molecule has 3 N–H and O–H groups in total. The molecular weight excluding hydrogens is 278 g/mol. The third-order valence-electron chi connectivity index (χ3n) is 2.94. The van der Waals surface area contributed by atoms with Gasteiger partial charge in [-0.3, -0.25) is 4.79 Å². The number of hydrogen-bond acceptors (Lipinski definition) is 4. The van der Waals surface area contributed by atoms with Crippen molar-refractivity contribution in [2.24, 2.45) is 0 Å². The average molecular weight is 299 g/mol. The maximum Gasteiger partial charge on any atom is 0.241 e. The number of carbonyl (C=O) groups is 1. The molecule has 0 aliphatic carbocycles. The van der Waals surface area contributed by atoms with Crippen molar-refractivity contribution >= 4 is 21.6 Å². The van der Waals surface area contributed by atoms with Gasteiger partial charge >= 0.3 is 0 Å². The Morgan fingerprint density at radius 2 is 1.70 bits per heavy atom. The normalized spacial score (nSPS) is 11.2. The molecule has 1 rings (SSSR count). The summed E-state index contributed by atoms with van der Waals surface area (Å²) in [7, 11) is -0.311. The quantitative estimate of drug-likeness (QED) is 0.724. The van der Waals surface area contributed by atoms with Crippen molar-refractivity contribution in [3.8, 4) is 0 Å². The van der Waals surface area contributed by atoms with Crippen LogP contribution < -0.4 is 15.4 Å². The molecule has 1 amide bonds. The van der Waals surface area contributed by atoms with Crippen LogP contribution in [0.25, 0.3) is 0 Å². The monoisotopic (exact) mass is 299 g/mol. The van der Waals surface area contributed by atoms with E-state index in [2.05, 4.69) is 15.4 Å². The van der Waals surface area contributed by atoms with E-state index in [0.29, 0.717) is 11.1 Å². The molecule has 0 atom stereocenters. The Bertz CT molecular complexity index is 574. The number of anilines is 1. The lowest BCUT2D eigenvalue weighted by Crippen LogP contribution is -2.30. The molecule has 0 radical (unpaired) electrons. The Kier molecular flexibility index (Phi) is 5.52. The minimum absolute atomic E-state index is 0.0780. The van der Waals surface area contributed by atoms with Crippen LogP contribution in [0.1, 0.15) is 17.5 Å². The van der Waals surface area contributed by atoms with E-state index in [1.54, 1.807) is 33.0 Å². The number of amides is 1. The van der Waals surface area contributed by atoms with E-state index >= 15 is 0 Å². The van der Waals surface area contributed by atoms with Crippen LogP contribution in [-0.4, -0.2) is 35.0 Å². The minimum Gasteiger partial charge on any atom is -0.388 e. The molecule has 0 unspecified atom stereocenters. The lowest BCUT2D eigenvalue weighted by atomic mass is 10.1. The zero-order valence-electron chi connectivity index (χ0n) is 12.2. The highest BCUT2D eigenvalue weighted by Gasteiger charge is 2.19. The maximum atomic E-state index is 12.3. The van der Waals surface area contributed by atoms with Crippen LogP contribution in [-0.2, 0) is 14.8 Å².